The lowest BCUT2D eigenvalue weighted by atomic mass is 10.1. The van der Waals surface area contributed by atoms with Crippen LogP contribution >= 0.6 is 0 Å². The minimum Gasteiger partial charge on any atom is -0.480 e. The second-order valence-electron chi connectivity index (χ2n) is 3.83. The highest BCUT2D eigenvalue weighted by Crippen LogP contribution is 2.05. The van der Waals surface area contributed by atoms with Crippen LogP contribution < -0.4 is 16.8 Å². The van der Waals surface area contributed by atoms with Crippen molar-refractivity contribution in [2.45, 2.75) is 25.9 Å². The lowest BCUT2D eigenvalue weighted by Gasteiger charge is -2.29. The molecule has 1 fully saturated rings. The van der Waals surface area contributed by atoms with E-state index in [1.165, 1.54) is 0 Å². The lowest BCUT2D eigenvalue weighted by molar-refractivity contribution is 0.0601. The van der Waals surface area contributed by atoms with Gasteiger partial charge in [0.05, 0.1) is 25.9 Å². The predicted molar refractivity (Wildman–Crippen MR) is 63.4 cm³/mol. The van der Waals surface area contributed by atoms with Crippen LogP contribution in [-0.2, 0) is 9.47 Å². The summed E-state index contributed by atoms with van der Waals surface area (Å²) in [4.78, 5) is 0. The van der Waals surface area contributed by atoms with Gasteiger partial charge in [-0.1, -0.05) is 0 Å². The number of nitrogens with two attached hydrogens (primary N) is 2. The molecular formula is C11H21N3O2. The van der Waals surface area contributed by atoms with Crippen LogP contribution in [0.25, 0.3) is 0 Å². The monoisotopic (exact) mass is 227 g/mol. The van der Waals surface area contributed by atoms with Gasteiger partial charge >= 0.3 is 0 Å². The van der Waals surface area contributed by atoms with Gasteiger partial charge in [-0.05, 0) is 26.0 Å². The maximum absolute atomic E-state index is 5.92. The Kier molecular flexibility index (Phi) is 5.14. The Morgan fingerprint density at radius 2 is 2.19 bits per heavy atom. The van der Waals surface area contributed by atoms with E-state index in [9.17, 15) is 0 Å². The van der Waals surface area contributed by atoms with E-state index < -0.39 is 0 Å². The van der Waals surface area contributed by atoms with E-state index in [1.54, 1.807) is 12.2 Å². The standard InChI is InChI=1S/C11H21N3O2/c1-3-16-11(13)5-4-9(12)10-7-15-6-8(2)14-10/h4-5,8,10,14H,3,6-7,12-13H2,1-2H3/b9-4-,11-5+. The highest BCUT2D eigenvalue weighted by Gasteiger charge is 2.19. The molecule has 1 rings (SSSR count). The minimum atomic E-state index is 0.0504. The van der Waals surface area contributed by atoms with Gasteiger partial charge in [-0.3, -0.25) is 0 Å². The van der Waals surface area contributed by atoms with E-state index in [1.807, 2.05) is 6.92 Å². The van der Waals surface area contributed by atoms with Gasteiger partial charge in [0.1, 0.15) is 0 Å². The molecule has 1 saturated heterocycles. The molecule has 0 aromatic rings. The zero-order valence-corrected chi connectivity index (χ0v) is 9.90. The molecule has 0 aromatic heterocycles. The van der Waals surface area contributed by atoms with E-state index in [2.05, 4.69) is 12.2 Å². The summed E-state index contributed by atoms with van der Waals surface area (Å²) in [5.41, 5.74) is 12.2. The summed E-state index contributed by atoms with van der Waals surface area (Å²) < 4.78 is 10.5. The van der Waals surface area contributed by atoms with E-state index in [4.69, 9.17) is 20.9 Å². The first-order valence-corrected chi connectivity index (χ1v) is 5.53. The van der Waals surface area contributed by atoms with Gasteiger partial charge in [0.15, 0.2) is 5.88 Å². The van der Waals surface area contributed by atoms with Gasteiger partial charge < -0.3 is 26.3 Å². The molecule has 16 heavy (non-hydrogen) atoms. The molecule has 0 aromatic carbocycles. The number of rotatable bonds is 4. The van der Waals surface area contributed by atoms with Crippen molar-refractivity contribution >= 4 is 0 Å². The van der Waals surface area contributed by atoms with Crippen LogP contribution in [0.2, 0.25) is 0 Å². The maximum Gasteiger partial charge on any atom is 0.183 e. The van der Waals surface area contributed by atoms with E-state index >= 15 is 0 Å². The number of morpholine rings is 1. The highest BCUT2D eigenvalue weighted by molar-refractivity contribution is 5.17. The molecule has 0 spiro atoms. The van der Waals surface area contributed by atoms with E-state index in [0.29, 0.717) is 30.8 Å². The van der Waals surface area contributed by atoms with Crippen LogP contribution in [0.1, 0.15) is 13.8 Å². The molecule has 2 unspecified atom stereocenters. The SMILES string of the molecule is CCO/C(N)=C/C=C(\N)C1COCC(C)N1. The third-order valence-electron chi connectivity index (χ3n) is 2.29. The fourth-order valence-electron chi connectivity index (χ4n) is 1.50. The molecule has 5 heteroatoms. The molecule has 92 valence electrons. The van der Waals surface area contributed by atoms with Gasteiger partial charge in [-0.2, -0.15) is 0 Å². The first kappa shape index (κ1) is 12.9. The van der Waals surface area contributed by atoms with Gasteiger partial charge in [0, 0.05) is 11.7 Å². The molecule has 0 amide bonds. The first-order valence-electron chi connectivity index (χ1n) is 5.53. The highest BCUT2D eigenvalue weighted by atomic mass is 16.5. The Morgan fingerprint density at radius 1 is 1.44 bits per heavy atom. The summed E-state index contributed by atoms with van der Waals surface area (Å²) in [5.74, 6) is 0.371. The molecule has 2 atom stereocenters. The Hall–Kier alpha value is -1.20. The fraction of sp³-hybridized carbons (Fsp3) is 0.636. The quantitative estimate of drug-likeness (QED) is 0.467. The molecule has 0 radical (unpaired) electrons. The summed E-state index contributed by atoms with van der Waals surface area (Å²) in [5, 5.41) is 3.34. The molecular weight excluding hydrogens is 206 g/mol. The van der Waals surface area contributed by atoms with Gasteiger partial charge in [0.25, 0.3) is 0 Å². The molecule has 1 aliphatic rings. The molecule has 1 heterocycles. The Labute approximate surface area is 96.5 Å². The normalized spacial score (nSPS) is 27.9. The molecule has 0 aliphatic carbocycles. The summed E-state index contributed by atoms with van der Waals surface area (Å²) in [7, 11) is 0. The second kappa shape index (κ2) is 6.40. The van der Waals surface area contributed by atoms with Crippen LogP contribution in [0.4, 0.5) is 0 Å². The van der Waals surface area contributed by atoms with E-state index in [-0.39, 0.29) is 6.04 Å². The average Bonchev–Trinajstić information content (AvgIpc) is 2.26. The minimum absolute atomic E-state index is 0.0504. The number of nitrogens with one attached hydrogen (secondary N) is 1. The van der Waals surface area contributed by atoms with Crippen LogP contribution in [0.15, 0.2) is 23.7 Å². The number of ether oxygens (including phenoxy) is 2. The summed E-state index contributed by atoms with van der Waals surface area (Å²) in [6, 6.07) is 0.369. The third-order valence-corrected chi connectivity index (χ3v) is 2.29. The first-order chi connectivity index (χ1) is 7.63. The maximum atomic E-state index is 5.92. The van der Waals surface area contributed by atoms with Crippen molar-refractivity contribution in [2.75, 3.05) is 19.8 Å². The zero-order chi connectivity index (χ0) is 12.0. The van der Waals surface area contributed by atoms with Gasteiger partial charge in [-0.25, -0.2) is 0 Å². The summed E-state index contributed by atoms with van der Waals surface area (Å²) >= 11 is 0. The number of hydrogen-bond acceptors (Lipinski definition) is 5. The van der Waals surface area contributed by atoms with Crippen LogP contribution in [0.5, 0.6) is 0 Å². The Morgan fingerprint density at radius 3 is 2.81 bits per heavy atom. The van der Waals surface area contributed by atoms with Crippen LogP contribution in [0.3, 0.4) is 0 Å². The van der Waals surface area contributed by atoms with Crippen molar-refractivity contribution < 1.29 is 9.47 Å². The molecule has 5 nitrogen and oxygen atoms in total. The van der Waals surface area contributed by atoms with Crippen molar-refractivity contribution in [1.82, 2.24) is 5.32 Å². The topological polar surface area (TPSA) is 82.5 Å². The van der Waals surface area contributed by atoms with Crippen LogP contribution in [-0.4, -0.2) is 31.9 Å². The molecule has 5 N–H and O–H groups in total. The Balaban J connectivity index is 2.52. The van der Waals surface area contributed by atoms with Crippen LogP contribution in [0, 0.1) is 0 Å². The second-order valence-corrected chi connectivity index (χ2v) is 3.83. The van der Waals surface area contributed by atoms with Crippen molar-refractivity contribution in [3.8, 4) is 0 Å². The van der Waals surface area contributed by atoms with Crippen molar-refractivity contribution in [2.24, 2.45) is 11.5 Å². The van der Waals surface area contributed by atoms with E-state index in [0.717, 1.165) is 6.61 Å². The van der Waals surface area contributed by atoms with Crippen molar-refractivity contribution in [3.05, 3.63) is 23.7 Å². The van der Waals surface area contributed by atoms with Gasteiger partial charge in [-0.15, -0.1) is 0 Å². The number of hydrogen-bond donors (Lipinski definition) is 3. The molecule has 1 aliphatic heterocycles. The zero-order valence-electron chi connectivity index (χ0n) is 9.90. The van der Waals surface area contributed by atoms with Crippen molar-refractivity contribution in [1.29, 1.82) is 0 Å². The van der Waals surface area contributed by atoms with Crippen molar-refractivity contribution in [3.63, 3.8) is 0 Å². The van der Waals surface area contributed by atoms with Gasteiger partial charge in [0.2, 0.25) is 0 Å². The molecule has 0 saturated carbocycles. The fourth-order valence-corrected chi connectivity index (χ4v) is 1.50. The summed E-state index contributed by atoms with van der Waals surface area (Å²) in [6.45, 7) is 5.81. The summed E-state index contributed by atoms with van der Waals surface area (Å²) in [6.07, 6.45) is 3.42. The average molecular weight is 227 g/mol. The number of allylic oxidation sites excluding steroid dienone is 2. The lowest BCUT2D eigenvalue weighted by Crippen LogP contribution is -2.49. The smallest absolute Gasteiger partial charge is 0.183 e. The Bertz CT molecular complexity index is 276. The largest absolute Gasteiger partial charge is 0.480 e. The molecule has 0 bridgehead atoms. The third kappa shape index (κ3) is 4.12. The predicted octanol–water partition coefficient (Wildman–Crippen LogP) is 0.0425.